The molecule has 4 nitrogen and oxygen atoms in total. The van der Waals surface area contributed by atoms with E-state index in [9.17, 15) is 9.59 Å². The first-order chi connectivity index (χ1) is 11.9. The molecule has 144 valence electrons. The normalized spacial score (nSPS) is 18.9. The Bertz CT molecular complexity index is 447. The molecule has 5 heteroatoms. The van der Waals surface area contributed by atoms with E-state index in [4.69, 9.17) is 10.2 Å². The van der Waals surface area contributed by atoms with Gasteiger partial charge in [-0.3, -0.25) is 4.79 Å². The number of halogens is 1. The minimum atomic E-state index is -1.08. The molecule has 0 fully saturated rings. The molecule has 25 heavy (non-hydrogen) atoms. The number of hydrogen-bond donors (Lipinski definition) is 2. The van der Waals surface area contributed by atoms with Gasteiger partial charge in [-0.15, -0.1) is 0 Å². The van der Waals surface area contributed by atoms with E-state index in [0.29, 0.717) is 0 Å². The molecule has 0 aromatic rings. The minimum Gasteiger partial charge on any atom is -0.481 e. The summed E-state index contributed by atoms with van der Waals surface area (Å²) in [5.74, 6) is -2.06. The van der Waals surface area contributed by atoms with Crippen molar-refractivity contribution in [1.82, 2.24) is 0 Å². The molecule has 1 aliphatic carbocycles. The largest absolute Gasteiger partial charge is 0.481 e. The van der Waals surface area contributed by atoms with E-state index in [1.807, 2.05) is 0 Å². The second kappa shape index (κ2) is 14.1. The molecule has 0 saturated heterocycles. The molecule has 1 aliphatic rings. The number of carbonyl (C=O) groups is 2. The van der Waals surface area contributed by atoms with Crippen molar-refractivity contribution < 1.29 is 19.8 Å². The highest BCUT2D eigenvalue weighted by Crippen LogP contribution is 2.31. The summed E-state index contributed by atoms with van der Waals surface area (Å²) in [4.78, 5) is 21.3. The third-order valence-electron chi connectivity index (χ3n) is 4.32. The van der Waals surface area contributed by atoms with Gasteiger partial charge in [0.2, 0.25) is 0 Å². The number of rotatable bonds is 11. The lowest BCUT2D eigenvalue weighted by atomic mass is 9.80. The summed E-state index contributed by atoms with van der Waals surface area (Å²) in [6.45, 7) is 3.78. The molecule has 0 aromatic carbocycles. The fraction of sp³-hybridized carbons (Fsp3) is 0.700. The quantitative estimate of drug-likeness (QED) is 0.321. The topological polar surface area (TPSA) is 74.6 Å². The number of allylic oxidation sites excluding steroid dienone is 2. The Morgan fingerprint density at radius 2 is 1.56 bits per heavy atom. The maximum atomic E-state index is 10.8. The number of hydrogen-bond acceptors (Lipinski definition) is 2. The van der Waals surface area contributed by atoms with E-state index >= 15 is 0 Å². The van der Waals surface area contributed by atoms with Gasteiger partial charge >= 0.3 is 11.9 Å². The summed E-state index contributed by atoms with van der Waals surface area (Å²) in [6.07, 6.45) is 17.3. The third kappa shape index (κ3) is 11.2. The maximum Gasteiger partial charge on any atom is 0.331 e. The number of alkyl halides is 1. The van der Waals surface area contributed by atoms with E-state index in [2.05, 4.69) is 22.9 Å². The van der Waals surface area contributed by atoms with Crippen molar-refractivity contribution in [1.29, 1.82) is 0 Å². The number of carboxylic acids is 2. The average molecular weight is 417 g/mol. The number of unbranched alkanes of at least 4 members (excludes halogenated alkanes) is 8. The van der Waals surface area contributed by atoms with Gasteiger partial charge in [0.25, 0.3) is 0 Å². The molecule has 1 rings (SSSR count). The average Bonchev–Trinajstić information content (AvgIpc) is 2.58. The Labute approximate surface area is 160 Å². The highest BCUT2D eigenvalue weighted by atomic mass is 79.9. The van der Waals surface area contributed by atoms with Crippen LogP contribution in [0.5, 0.6) is 0 Å². The Morgan fingerprint density at radius 1 is 1.04 bits per heavy atom. The van der Waals surface area contributed by atoms with Crippen LogP contribution in [-0.2, 0) is 9.59 Å². The predicted molar refractivity (Wildman–Crippen MR) is 106 cm³/mol. The van der Waals surface area contributed by atoms with Crippen LogP contribution in [0, 0.1) is 5.41 Å². The smallest absolute Gasteiger partial charge is 0.331 e. The SMILES string of the molecule is CCCCCCCCCCCBr.C[C@]1(C(=O)O)C=CC=C(C(=O)O)C1. The molecule has 0 aliphatic heterocycles. The molecule has 0 spiro atoms. The van der Waals surface area contributed by atoms with Crippen LogP contribution in [0.1, 0.15) is 78.1 Å². The van der Waals surface area contributed by atoms with Crippen LogP contribution in [-0.4, -0.2) is 27.5 Å². The standard InChI is InChI=1S/C11H23Br.C9H10O4/c1-2-3-4-5-6-7-8-9-10-11-12;1-9(8(12)13)4-2-3-6(5-9)7(10)11/h2-11H2,1H3;2-4H,5H2,1H3,(H,10,11)(H,12,13)/t;9-/m.0/s1. The lowest BCUT2D eigenvalue weighted by molar-refractivity contribution is -0.145. The fourth-order valence-corrected chi connectivity index (χ4v) is 2.99. The zero-order chi connectivity index (χ0) is 19.1. The lowest BCUT2D eigenvalue weighted by Gasteiger charge is -2.23. The summed E-state index contributed by atoms with van der Waals surface area (Å²) in [6, 6.07) is 0. The van der Waals surface area contributed by atoms with Gasteiger partial charge in [-0.25, -0.2) is 4.79 Å². The molecule has 0 radical (unpaired) electrons. The molecule has 2 N–H and O–H groups in total. The van der Waals surface area contributed by atoms with Crippen molar-refractivity contribution in [2.75, 3.05) is 5.33 Å². The van der Waals surface area contributed by atoms with Gasteiger partial charge in [-0.2, -0.15) is 0 Å². The molecule has 0 aromatic heterocycles. The minimum absolute atomic E-state index is 0.0359. The summed E-state index contributed by atoms with van der Waals surface area (Å²) in [5.41, 5.74) is -0.949. The van der Waals surface area contributed by atoms with E-state index in [-0.39, 0.29) is 12.0 Å². The van der Waals surface area contributed by atoms with Gasteiger partial charge < -0.3 is 10.2 Å². The second-order valence-electron chi connectivity index (χ2n) is 6.77. The highest BCUT2D eigenvalue weighted by Gasteiger charge is 2.34. The maximum absolute atomic E-state index is 10.8. The van der Waals surface area contributed by atoms with Crippen LogP contribution in [0.4, 0.5) is 0 Å². The first-order valence-electron chi connectivity index (χ1n) is 9.28. The van der Waals surface area contributed by atoms with Gasteiger partial charge in [0.05, 0.1) is 5.41 Å². The van der Waals surface area contributed by atoms with Crippen LogP contribution in [0.3, 0.4) is 0 Å². The van der Waals surface area contributed by atoms with Gasteiger partial charge in [0.15, 0.2) is 0 Å². The van der Waals surface area contributed by atoms with Crippen molar-refractivity contribution in [3.05, 3.63) is 23.8 Å². The molecule has 1 atom stereocenters. The molecular weight excluding hydrogens is 384 g/mol. The van der Waals surface area contributed by atoms with Gasteiger partial charge in [0.1, 0.15) is 0 Å². The molecule has 0 bridgehead atoms. The molecule has 0 heterocycles. The fourth-order valence-electron chi connectivity index (χ4n) is 2.59. The molecule has 0 unspecified atom stereocenters. The second-order valence-corrected chi connectivity index (χ2v) is 7.57. The summed E-state index contributed by atoms with van der Waals surface area (Å²) in [5, 5.41) is 18.7. The molecule has 0 amide bonds. The van der Waals surface area contributed by atoms with Gasteiger partial charge in [-0.05, 0) is 19.8 Å². The lowest BCUT2D eigenvalue weighted by Crippen LogP contribution is -2.28. The van der Waals surface area contributed by atoms with Crippen LogP contribution < -0.4 is 0 Å². The number of carboxylic acid groups (broad SMARTS) is 2. The monoisotopic (exact) mass is 416 g/mol. The van der Waals surface area contributed by atoms with Gasteiger partial charge in [-0.1, -0.05) is 92.4 Å². The van der Waals surface area contributed by atoms with Gasteiger partial charge in [0, 0.05) is 10.9 Å². The molecular formula is C20H33BrO4. The van der Waals surface area contributed by atoms with E-state index in [1.165, 1.54) is 88.3 Å². The Morgan fingerprint density at radius 3 is 2.00 bits per heavy atom. The van der Waals surface area contributed by atoms with Crippen molar-refractivity contribution in [2.45, 2.75) is 78.1 Å². The van der Waals surface area contributed by atoms with Crippen LogP contribution in [0.15, 0.2) is 23.8 Å². The Kier molecular flexibility index (Phi) is 13.5. The summed E-state index contributed by atoms with van der Waals surface area (Å²) in [7, 11) is 0. The van der Waals surface area contributed by atoms with Crippen molar-refractivity contribution in [2.24, 2.45) is 5.41 Å². The highest BCUT2D eigenvalue weighted by molar-refractivity contribution is 9.09. The first-order valence-corrected chi connectivity index (χ1v) is 10.4. The Balaban J connectivity index is 0.000000463. The Hall–Kier alpha value is -1.10. The van der Waals surface area contributed by atoms with Crippen molar-refractivity contribution >= 4 is 27.9 Å². The van der Waals surface area contributed by atoms with E-state index < -0.39 is 17.4 Å². The van der Waals surface area contributed by atoms with Crippen molar-refractivity contribution in [3.63, 3.8) is 0 Å². The van der Waals surface area contributed by atoms with Crippen molar-refractivity contribution in [3.8, 4) is 0 Å². The summed E-state index contributed by atoms with van der Waals surface area (Å²) >= 11 is 3.45. The first kappa shape index (κ1) is 23.9. The predicted octanol–water partition coefficient (Wildman–Crippen LogP) is 5.96. The van der Waals surface area contributed by atoms with E-state index in [1.54, 1.807) is 0 Å². The van der Waals surface area contributed by atoms with Crippen LogP contribution in [0.2, 0.25) is 0 Å². The summed E-state index contributed by atoms with van der Waals surface area (Å²) < 4.78 is 0. The zero-order valence-electron chi connectivity index (χ0n) is 15.6. The molecule has 0 saturated carbocycles. The third-order valence-corrected chi connectivity index (χ3v) is 4.88. The van der Waals surface area contributed by atoms with E-state index in [0.717, 1.165) is 0 Å². The zero-order valence-corrected chi connectivity index (χ0v) is 17.2. The van der Waals surface area contributed by atoms with Crippen LogP contribution in [0.25, 0.3) is 0 Å². The number of aliphatic carboxylic acids is 2. The van der Waals surface area contributed by atoms with Crippen LogP contribution >= 0.6 is 15.9 Å².